The molecule has 3 aromatic carbocycles. The molecule has 224 valence electrons. The Balaban J connectivity index is 1.46. The lowest BCUT2D eigenvalue weighted by atomic mass is 9.87. The number of amides is 1. The number of rotatable bonds is 15. The van der Waals surface area contributed by atoms with Crippen molar-refractivity contribution in [2.24, 2.45) is 0 Å². The fraction of sp³-hybridized carbons (Fsp3) is 0.417. The van der Waals surface area contributed by atoms with Gasteiger partial charge in [-0.05, 0) is 59.7 Å². The zero-order valence-corrected chi connectivity index (χ0v) is 25.7. The van der Waals surface area contributed by atoms with Crippen LogP contribution in [0.5, 0.6) is 5.75 Å². The smallest absolute Gasteiger partial charge is 0.237 e. The van der Waals surface area contributed by atoms with Crippen LogP contribution in [-0.2, 0) is 23.2 Å². The number of aliphatic hydroxyl groups is 1. The highest BCUT2D eigenvalue weighted by Gasteiger charge is 2.21. The van der Waals surface area contributed by atoms with Gasteiger partial charge in [0, 0.05) is 36.7 Å². The highest BCUT2D eigenvalue weighted by molar-refractivity contribution is 5.83. The van der Waals surface area contributed by atoms with E-state index < -0.39 is 6.10 Å². The van der Waals surface area contributed by atoms with E-state index >= 15 is 0 Å². The normalized spacial score (nSPS) is 12.5. The lowest BCUT2D eigenvalue weighted by molar-refractivity contribution is -0.133. The van der Waals surface area contributed by atoms with Crippen molar-refractivity contribution in [3.8, 4) is 5.75 Å². The molecule has 4 aromatic rings. The first-order valence-electron chi connectivity index (χ1n) is 15.2. The third-order valence-corrected chi connectivity index (χ3v) is 7.71. The zero-order chi connectivity index (χ0) is 30.0. The average molecular weight is 570 g/mol. The van der Waals surface area contributed by atoms with Crippen LogP contribution in [0, 0.1) is 0 Å². The summed E-state index contributed by atoms with van der Waals surface area (Å²) in [6.07, 6.45) is 4.11. The first-order chi connectivity index (χ1) is 20.2. The molecule has 1 aromatic heterocycles. The van der Waals surface area contributed by atoms with E-state index in [4.69, 9.17) is 4.74 Å². The van der Waals surface area contributed by atoms with Gasteiger partial charge in [-0.2, -0.15) is 0 Å². The van der Waals surface area contributed by atoms with Gasteiger partial charge in [-0.15, -0.1) is 0 Å². The maximum atomic E-state index is 13.9. The maximum absolute atomic E-state index is 13.9. The lowest BCUT2D eigenvalue weighted by Gasteiger charge is -2.29. The standard InChI is InChI=1S/C36H47N3O3/c1-5-6-21-38(25-31(40)27-42-32-12-8-7-9-13-32)26-35(41)39(24-28-16-18-30(19-17-28)36(2,3)4)22-20-29-23-37-34-15-11-10-14-33(29)34/h7-19,23,31,37,40H,5-6,20-22,24-27H2,1-4H3/t31-/m0/s1. The fourth-order valence-corrected chi connectivity index (χ4v) is 5.18. The van der Waals surface area contributed by atoms with Gasteiger partial charge >= 0.3 is 0 Å². The largest absolute Gasteiger partial charge is 0.491 e. The van der Waals surface area contributed by atoms with Gasteiger partial charge in [-0.1, -0.05) is 94.8 Å². The number of ether oxygens (including phenoxy) is 1. The highest BCUT2D eigenvalue weighted by Crippen LogP contribution is 2.23. The van der Waals surface area contributed by atoms with Gasteiger partial charge in [-0.3, -0.25) is 9.69 Å². The summed E-state index contributed by atoms with van der Waals surface area (Å²) in [4.78, 5) is 21.3. The first-order valence-corrected chi connectivity index (χ1v) is 15.2. The summed E-state index contributed by atoms with van der Waals surface area (Å²) in [5.41, 5.74) is 4.80. The summed E-state index contributed by atoms with van der Waals surface area (Å²) < 4.78 is 5.78. The van der Waals surface area contributed by atoms with Crippen LogP contribution in [0.3, 0.4) is 0 Å². The van der Waals surface area contributed by atoms with Crippen LogP contribution in [-0.4, -0.2) is 64.7 Å². The SMILES string of the molecule is CCCCN(CC(=O)N(CCc1c[nH]c2ccccc12)Cc1ccc(C(C)(C)C)cc1)C[C@H](O)COc1ccccc1. The molecule has 4 rings (SSSR count). The molecular weight excluding hydrogens is 522 g/mol. The molecule has 0 saturated heterocycles. The third kappa shape index (κ3) is 9.20. The number of nitrogens with one attached hydrogen (secondary N) is 1. The summed E-state index contributed by atoms with van der Waals surface area (Å²) in [5.74, 6) is 0.802. The molecule has 0 saturated carbocycles. The number of hydrogen-bond donors (Lipinski definition) is 2. The van der Waals surface area contributed by atoms with Gasteiger partial charge in [0.25, 0.3) is 0 Å². The zero-order valence-electron chi connectivity index (χ0n) is 25.7. The Morgan fingerprint density at radius 3 is 2.38 bits per heavy atom. The van der Waals surface area contributed by atoms with Crippen molar-refractivity contribution in [2.75, 3.05) is 32.8 Å². The van der Waals surface area contributed by atoms with Crippen LogP contribution in [0.15, 0.2) is 85.1 Å². The van der Waals surface area contributed by atoms with Gasteiger partial charge in [0.2, 0.25) is 5.91 Å². The van der Waals surface area contributed by atoms with Crippen molar-refractivity contribution in [1.82, 2.24) is 14.8 Å². The quantitative estimate of drug-likeness (QED) is 0.170. The Morgan fingerprint density at radius 2 is 1.67 bits per heavy atom. The van der Waals surface area contributed by atoms with E-state index in [2.05, 4.69) is 86.2 Å². The molecule has 42 heavy (non-hydrogen) atoms. The molecule has 0 unspecified atom stereocenters. The summed E-state index contributed by atoms with van der Waals surface area (Å²) in [6, 6.07) is 26.5. The molecule has 0 spiro atoms. The van der Waals surface area contributed by atoms with Crippen molar-refractivity contribution in [1.29, 1.82) is 0 Å². The number of aromatic amines is 1. The molecule has 6 heteroatoms. The topological polar surface area (TPSA) is 68.8 Å². The molecule has 2 N–H and O–H groups in total. The molecule has 0 aliphatic rings. The molecule has 1 atom stereocenters. The minimum absolute atomic E-state index is 0.0713. The van der Waals surface area contributed by atoms with Crippen LogP contribution in [0.1, 0.15) is 57.2 Å². The van der Waals surface area contributed by atoms with E-state index in [1.807, 2.05) is 41.3 Å². The number of unbranched alkanes of at least 4 members (excludes halogenated alkanes) is 1. The number of aliphatic hydroxyl groups excluding tert-OH is 1. The first kappa shape index (κ1) is 31.3. The minimum Gasteiger partial charge on any atom is -0.491 e. The van der Waals surface area contributed by atoms with Crippen molar-refractivity contribution in [3.63, 3.8) is 0 Å². The molecule has 0 radical (unpaired) electrons. The molecular formula is C36H47N3O3. The molecule has 1 heterocycles. The number of carbonyl (C=O) groups is 1. The Labute approximate surface area is 251 Å². The van der Waals surface area contributed by atoms with E-state index in [1.54, 1.807) is 0 Å². The number of aromatic nitrogens is 1. The number of benzene rings is 3. The summed E-state index contributed by atoms with van der Waals surface area (Å²) in [5, 5.41) is 12.0. The molecule has 0 fully saturated rings. The van der Waals surface area contributed by atoms with E-state index in [0.717, 1.165) is 42.6 Å². The Morgan fingerprint density at radius 1 is 0.952 bits per heavy atom. The van der Waals surface area contributed by atoms with E-state index in [9.17, 15) is 9.90 Å². The van der Waals surface area contributed by atoms with Crippen molar-refractivity contribution in [3.05, 3.63) is 102 Å². The van der Waals surface area contributed by atoms with Crippen molar-refractivity contribution < 1.29 is 14.6 Å². The van der Waals surface area contributed by atoms with Gasteiger partial charge in [0.05, 0.1) is 6.54 Å². The number of para-hydroxylation sites is 2. The summed E-state index contributed by atoms with van der Waals surface area (Å²) in [6.45, 7) is 11.5. The van der Waals surface area contributed by atoms with E-state index in [0.29, 0.717) is 19.6 Å². The average Bonchev–Trinajstić information content (AvgIpc) is 3.40. The molecule has 0 aliphatic carbocycles. The van der Waals surface area contributed by atoms with E-state index in [1.165, 1.54) is 16.5 Å². The van der Waals surface area contributed by atoms with Crippen molar-refractivity contribution in [2.45, 2.75) is 65.0 Å². The van der Waals surface area contributed by atoms with Crippen LogP contribution < -0.4 is 4.74 Å². The monoisotopic (exact) mass is 569 g/mol. The Kier molecular flexibility index (Phi) is 11.2. The second-order valence-corrected chi connectivity index (χ2v) is 12.2. The van der Waals surface area contributed by atoms with E-state index in [-0.39, 0.29) is 24.5 Å². The molecule has 6 nitrogen and oxygen atoms in total. The fourth-order valence-electron chi connectivity index (χ4n) is 5.18. The highest BCUT2D eigenvalue weighted by atomic mass is 16.5. The number of hydrogen-bond acceptors (Lipinski definition) is 4. The minimum atomic E-state index is -0.695. The van der Waals surface area contributed by atoms with Gasteiger partial charge < -0.3 is 19.7 Å². The molecule has 0 bridgehead atoms. The molecule has 1 amide bonds. The van der Waals surface area contributed by atoms with Crippen LogP contribution in [0.25, 0.3) is 10.9 Å². The summed E-state index contributed by atoms with van der Waals surface area (Å²) >= 11 is 0. The second kappa shape index (κ2) is 15.0. The van der Waals surface area contributed by atoms with Gasteiger partial charge in [0.1, 0.15) is 18.5 Å². The Bertz CT molecular complexity index is 1380. The Hall–Kier alpha value is -3.61. The number of fused-ring (bicyclic) bond motifs is 1. The van der Waals surface area contributed by atoms with Crippen molar-refractivity contribution >= 4 is 16.8 Å². The number of nitrogens with zero attached hydrogens (tertiary/aromatic N) is 2. The number of carbonyl (C=O) groups excluding carboxylic acids is 1. The maximum Gasteiger partial charge on any atom is 0.237 e. The van der Waals surface area contributed by atoms with Crippen LogP contribution in [0.4, 0.5) is 0 Å². The van der Waals surface area contributed by atoms with Gasteiger partial charge in [0.15, 0.2) is 0 Å². The summed E-state index contributed by atoms with van der Waals surface area (Å²) in [7, 11) is 0. The number of H-pyrrole nitrogens is 1. The predicted octanol–water partition coefficient (Wildman–Crippen LogP) is 6.58. The van der Waals surface area contributed by atoms with Gasteiger partial charge in [-0.25, -0.2) is 0 Å². The lowest BCUT2D eigenvalue weighted by Crippen LogP contribution is -2.44. The van der Waals surface area contributed by atoms with Crippen LogP contribution in [0.2, 0.25) is 0 Å². The third-order valence-electron chi connectivity index (χ3n) is 7.71. The predicted molar refractivity (Wildman–Crippen MR) is 172 cm³/mol. The molecule has 0 aliphatic heterocycles. The van der Waals surface area contributed by atoms with Crippen LogP contribution >= 0.6 is 0 Å². The second-order valence-electron chi connectivity index (χ2n) is 12.2.